The van der Waals surface area contributed by atoms with Crippen LogP contribution in [0.1, 0.15) is 62.9 Å². The third-order valence-corrected chi connectivity index (χ3v) is 4.97. The van der Waals surface area contributed by atoms with Crippen LogP contribution in [0.3, 0.4) is 0 Å². The van der Waals surface area contributed by atoms with Gasteiger partial charge in [-0.15, -0.1) is 0 Å². The Labute approximate surface area is 118 Å². The Hall–Kier alpha value is -0.760. The van der Waals surface area contributed by atoms with Crippen LogP contribution in [0.5, 0.6) is 0 Å². The highest BCUT2D eigenvalue weighted by Crippen LogP contribution is 2.26. The third-order valence-electron chi connectivity index (χ3n) is 4.97. The maximum atomic E-state index is 3.76. The molecule has 1 heterocycles. The molecule has 2 nitrogen and oxygen atoms in total. The van der Waals surface area contributed by atoms with Crippen molar-refractivity contribution in [3.8, 4) is 0 Å². The molecule has 1 saturated carbocycles. The monoisotopic (exact) mass is 262 g/mol. The van der Waals surface area contributed by atoms with Crippen LogP contribution in [-0.4, -0.2) is 10.6 Å². The van der Waals surface area contributed by atoms with Gasteiger partial charge < -0.3 is 9.88 Å². The second-order valence-corrected chi connectivity index (χ2v) is 6.21. The van der Waals surface area contributed by atoms with Gasteiger partial charge in [-0.1, -0.05) is 19.3 Å². The molecule has 0 radical (unpaired) electrons. The summed E-state index contributed by atoms with van der Waals surface area (Å²) in [5.41, 5.74) is 4.30. The Morgan fingerprint density at radius 2 is 1.95 bits per heavy atom. The summed E-state index contributed by atoms with van der Waals surface area (Å²) >= 11 is 0. The van der Waals surface area contributed by atoms with Crippen molar-refractivity contribution in [2.45, 2.75) is 78.9 Å². The van der Waals surface area contributed by atoms with E-state index in [2.05, 4.69) is 43.6 Å². The van der Waals surface area contributed by atoms with Gasteiger partial charge in [0.25, 0.3) is 0 Å². The zero-order chi connectivity index (χ0) is 13.8. The summed E-state index contributed by atoms with van der Waals surface area (Å²) in [6.07, 6.45) is 7.15. The van der Waals surface area contributed by atoms with Crippen molar-refractivity contribution in [1.82, 2.24) is 9.88 Å². The average Bonchev–Trinajstić information content (AvgIpc) is 2.71. The van der Waals surface area contributed by atoms with Crippen molar-refractivity contribution in [3.63, 3.8) is 0 Å². The van der Waals surface area contributed by atoms with Crippen molar-refractivity contribution in [1.29, 1.82) is 0 Å². The first-order valence-electron chi connectivity index (χ1n) is 8.02. The number of aryl methyl sites for hydroxylation is 1. The van der Waals surface area contributed by atoms with Crippen LogP contribution in [0.25, 0.3) is 0 Å². The van der Waals surface area contributed by atoms with Crippen LogP contribution in [0, 0.1) is 19.8 Å². The van der Waals surface area contributed by atoms with Gasteiger partial charge in [0, 0.05) is 30.5 Å². The number of rotatable bonds is 5. The molecule has 1 fully saturated rings. The largest absolute Gasteiger partial charge is 0.349 e. The van der Waals surface area contributed by atoms with E-state index in [0.29, 0.717) is 6.04 Å². The van der Waals surface area contributed by atoms with Crippen molar-refractivity contribution in [3.05, 3.63) is 23.0 Å². The van der Waals surface area contributed by atoms with E-state index >= 15 is 0 Å². The van der Waals surface area contributed by atoms with Crippen molar-refractivity contribution in [2.24, 2.45) is 5.92 Å². The quantitative estimate of drug-likeness (QED) is 0.842. The molecule has 1 atom stereocenters. The fourth-order valence-electron chi connectivity index (χ4n) is 3.61. The minimum Gasteiger partial charge on any atom is -0.349 e. The fourth-order valence-corrected chi connectivity index (χ4v) is 3.61. The molecule has 0 unspecified atom stereocenters. The number of nitrogens with zero attached hydrogens (tertiary/aromatic N) is 1. The Morgan fingerprint density at radius 3 is 2.53 bits per heavy atom. The maximum absolute atomic E-state index is 3.76. The lowest BCUT2D eigenvalue weighted by atomic mass is 9.84. The summed E-state index contributed by atoms with van der Waals surface area (Å²) in [7, 11) is 0. The van der Waals surface area contributed by atoms with Crippen LogP contribution in [0.2, 0.25) is 0 Å². The van der Waals surface area contributed by atoms with Crippen LogP contribution >= 0.6 is 0 Å². The van der Waals surface area contributed by atoms with Crippen LogP contribution in [0.15, 0.2) is 6.07 Å². The van der Waals surface area contributed by atoms with Gasteiger partial charge in [0.15, 0.2) is 0 Å². The van der Waals surface area contributed by atoms with E-state index in [-0.39, 0.29) is 0 Å². The molecule has 108 valence electrons. The maximum Gasteiger partial charge on any atom is 0.0225 e. The molecule has 0 aliphatic heterocycles. The van der Waals surface area contributed by atoms with E-state index < -0.39 is 0 Å². The summed E-state index contributed by atoms with van der Waals surface area (Å²) in [5, 5.41) is 3.76. The molecule has 2 rings (SSSR count). The second kappa shape index (κ2) is 6.60. The Bertz CT molecular complexity index is 400. The zero-order valence-electron chi connectivity index (χ0n) is 13.1. The first kappa shape index (κ1) is 14.6. The van der Waals surface area contributed by atoms with E-state index in [1.165, 1.54) is 49.1 Å². The van der Waals surface area contributed by atoms with Crippen LogP contribution < -0.4 is 5.32 Å². The van der Waals surface area contributed by atoms with E-state index in [4.69, 9.17) is 0 Å². The molecule has 0 spiro atoms. The molecule has 1 N–H and O–H groups in total. The normalized spacial score (nSPS) is 18.7. The fraction of sp³-hybridized carbons (Fsp3) is 0.765. The smallest absolute Gasteiger partial charge is 0.0225 e. The van der Waals surface area contributed by atoms with Gasteiger partial charge in [0.1, 0.15) is 0 Å². The molecule has 19 heavy (non-hydrogen) atoms. The predicted octanol–water partition coefficient (Wildman–Crippen LogP) is 4.18. The number of aromatic nitrogens is 1. The lowest BCUT2D eigenvalue weighted by Crippen LogP contribution is -2.34. The topological polar surface area (TPSA) is 17.0 Å². The molecule has 1 aromatic heterocycles. The van der Waals surface area contributed by atoms with E-state index in [9.17, 15) is 0 Å². The number of hydrogen-bond donors (Lipinski definition) is 1. The lowest BCUT2D eigenvalue weighted by Gasteiger charge is -2.28. The van der Waals surface area contributed by atoms with Gasteiger partial charge in [-0.2, -0.15) is 0 Å². The van der Waals surface area contributed by atoms with E-state index in [1.54, 1.807) is 0 Å². The molecule has 0 saturated heterocycles. The highest BCUT2D eigenvalue weighted by molar-refractivity contribution is 5.26. The molecule has 0 bridgehead atoms. The van der Waals surface area contributed by atoms with Crippen molar-refractivity contribution in [2.75, 3.05) is 0 Å². The van der Waals surface area contributed by atoms with Gasteiger partial charge in [0.05, 0.1) is 0 Å². The Morgan fingerprint density at radius 1 is 1.26 bits per heavy atom. The minimum atomic E-state index is 0.657. The Kier molecular flexibility index (Phi) is 5.09. The molecule has 0 amide bonds. The first-order chi connectivity index (χ1) is 9.13. The van der Waals surface area contributed by atoms with Gasteiger partial charge >= 0.3 is 0 Å². The zero-order valence-corrected chi connectivity index (χ0v) is 13.1. The highest BCUT2D eigenvalue weighted by atomic mass is 15.0. The first-order valence-corrected chi connectivity index (χ1v) is 8.02. The van der Waals surface area contributed by atoms with Crippen LogP contribution in [0.4, 0.5) is 0 Å². The summed E-state index contributed by atoms with van der Waals surface area (Å²) in [4.78, 5) is 0. The standard InChI is InChI=1S/C17H30N2/c1-5-19-13(2)11-17(15(19)4)12-18-14(3)16-9-7-6-8-10-16/h11,14,16,18H,5-10,12H2,1-4H3/t14-/m1/s1. The van der Waals surface area contributed by atoms with E-state index in [0.717, 1.165) is 19.0 Å². The average molecular weight is 262 g/mol. The van der Waals surface area contributed by atoms with Crippen molar-refractivity contribution >= 4 is 0 Å². The number of nitrogens with one attached hydrogen (secondary N) is 1. The highest BCUT2D eigenvalue weighted by Gasteiger charge is 2.20. The van der Waals surface area contributed by atoms with Crippen LogP contribution in [-0.2, 0) is 13.1 Å². The molecule has 1 aliphatic carbocycles. The Balaban J connectivity index is 1.91. The van der Waals surface area contributed by atoms with E-state index in [1.807, 2.05) is 0 Å². The number of hydrogen-bond acceptors (Lipinski definition) is 1. The van der Waals surface area contributed by atoms with Gasteiger partial charge in [0.2, 0.25) is 0 Å². The second-order valence-electron chi connectivity index (χ2n) is 6.21. The lowest BCUT2D eigenvalue weighted by molar-refractivity contribution is 0.280. The summed E-state index contributed by atoms with van der Waals surface area (Å²) < 4.78 is 2.41. The van der Waals surface area contributed by atoms with Gasteiger partial charge in [-0.3, -0.25) is 0 Å². The summed E-state index contributed by atoms with van der Waals surface area (Å²) in [6, 6.07) is 3.00. The molecule has 0 aromatic carbocycles. The molecular weight excluding hydrogens is 232 g/mol. The molecular formula is C17H30N2. The summed E-state index contributed by atoms with van der Waals surface area (Å²) in [6.45, 7) is 11.2. The minimum absolute atomic E-state index is 0.657. The summed E-state index contributed by atoms with van der Waals surface area (Å²) in [5.74, 6) is 0.892. The molecule has 1 aliphatic rings. The molecule has 2 heteroatoms. The van der Waals surface area contributed by atoms with Gasteiger partial charge in [-0.25, -0.2) is 0 Å². The van der Waals surface area contributed by atoms with Gasteiger partial charge in [-0.05, 0) is 58.1 Å². The van der Waals surface area contributed by atoms with Crippen molar-refractivity contribution < 1.29 is 0 Å². The predicted molar refractivity (Wildman–Crippen MR) is 82.5 cm³/mol. The third kappa shape index (κ3) is 3.42. The molecule has 1 aromatic rings. The SMILES string of the molecule is CCn1c(C)cc(CN[C@H](C)C2CCCCC2)c1C.